The van der Waals surface area contributed by atoms with E-state index in [-0.39, 0.29) is 0 Å². The lowest BCUT2D eigenvalue weighted by Crippen LogP contribution is -2.13. The van der Waals surface area contributed by atoms with Crippen LogP contribution in [0.2, 0.25) is 0 Å². The summed E-state index contributed by atoms with van der Waals surface area (Å²) in [7, 11) is 0. The zero-order valence-electron chi connectivity index (χ0n) is 47.1. The van der Waals surface area contributed by atoms with Gasteiger partial charge < -0.3 is 4.57 Å². The van der Waals surface area contributed by atoms with Gasteiger partial charge in [0.15, 0.2) is 11.6 Å². The number of para-hydroxylation sites is 3. The first-order valence-electron chi connectivity index (χ1n) is 29.7. The van der Waals surface area contributed by atoms with Crippen molar-refractivity contribution in [2.45, 2.75) is 0 Å². The van der Waals surface area contributed by atoms with E-state index in [1.54, 1.807) is 0 Å². The van der Waals surface area contributed by atoms with Crippen molar-refractivity contribution in [2.75, 3.05) is 0 Å². The quantitative estimate of drug-likeness (QED) is 0.152. The van der Waals surface area contributed by atoms with Crippen LogP contribution in [-0.4, -0.2) is 28.7 Å². The second-order valence-electron chi connectivity index (χ2n) is 22.6. The number of benzene rings is 13. The molecule has 0 saturated carbocycles. The first-order valence-corrected chi connectivity index (χ1v) is 29.7. The molecular formula is C81H50N6. The molecule has 13 aromatic carbocycles. The fraction of sp³-hybridized carbons (Fsp3) is 0. The van der Waals surface area contributed by atoms with Crippen molar-refractivity contribution < 1.29 is 0 Å². The molecule has 0 unspecified atom stereocenters. The summed E-state index contributed by atoms with van der Waals surface area (Å²) >= 11 is 0. The molecule has 5 aromatic heterocycles. The molecule has 404 valence electrons. The third-order valence-corrected chi connectivity index (χ3v) is 17.8. The summed E-state index contributed by atoms with van der Waals surface area (Å²) in [5.74, 6) is 2.28. The van der Waals surface area contributed by atoms with Crippen molar-refractivity contribution in [3.63, 3.8) is 0 Å². The molecule has 6 heteroatoms. The molecule has 18 aromatic rings. The van der Waals surface area contributed by atoms with Crippen molar-refractivity contribution in [2.24, 2.45) is 0 Å². The van der Waals surface area contributed by atoms with Gasteiger partial charge in [0.25, 0.3) is 0 Å². The van der Waals surface area contributed by atoms with Crippen LogP contribution in [0.4, 0.5) is 0 Å². The summed E-state index contributed by atoms with van der Waals surface area (Å²) in [6, 6.07) is 110. The van der Waals surface area contributed by atoms with E-state index >= 15 is 0 Å². The number of rotatable bonds is 8. The standard InChI is InChI=1S/C81H50N6/c1-4-25-54(26-5-1)65-50-66(83-79(82-65)58-29-8-3-9-30-58)55-40-42-57(43-41-55)73-74(56-27-6-2-7-28-56)80(86-68-38-20-17-35-63(68)76-60-32-14-11-23-52(60)45-48-71(76)86)84-81(87-69-39-21-18-36-64(69)77-61-33-15-12-24-53(61)46-49-72(77)87)78(73)85-67-37-19-16-34-62(67)75-59-31-13-10-22-51(59)44-47-70(75)85/h1-50H. The second kappa shape index (κ2) is 19.4. The summed E-state index contributed by atoms with van der Waals surface area (Å²) in [5.41, 5.74) is 16.1. The molecule has 87 heavy (non-hydrogen) atoms. The monoisotopic (exact) mass is 1110 g/mol. The van der Waals surface area contributed by atoms with Gasteiger partial charge in [0.1, 0.15) is 5.82 Å². The highest BCUT2D eigenvalue weighted by molar-refractivity contribution is 6.25. The molecule has 0 saturated heterocycles. The van der Waals surface area contributed by atoms with Crippen molar-refractivity contribution in [1.29, 1.82) is 0 Å². The van der Waals surface area contributed by atoms with Gasteiger partial charge in [-0.05, 0) is 85.9 Å². The van der Waals surface area contributed by atoms with Crippen LogP contribution in [0, 0.1) is 0 Å². The van der Waals surface area contributed by atoms with E-state index < -0.39 is 0 Å². The molecule has 18 rings (SSSR count). The lowest BCUT2D eigenvalue weighted by atomic mass is 9.92. The highest BCUT2D eigenvalue weighted by Crippen LogP contribution is 2.50. The van der Waals surface area contributed by atoms with Gasteiger partial charge in [-0.1, -0.05) is 261 Å². The van der Waals surface area contributed by atoms with E-state index in [2.05, 4.69) is 293 Å². The number of hydrogen-bond donors (Lipinski definition) is 0. The van der Waals surface area contributed by atoms with E-state index in [0.29, 0.717) is 5.82 Å². The third kappa shape index (κ3) is 7.51. The molecular weight excluding hydrogens is 1060 g/mol. The van der Waals surface area contributed by atoms with Crippen LogP contribution in [0.15, 0.2) is 303 Å². The largest absolute Gasteiger partial charge is 0.305 e. The van der Waals surface area contributed by atoms with Crippen LogP contribution < -0.4 is 0 Å². The van der Waals surface area contributed by atoms with E-state index in [1.807, 2.05) is 24.3 Å². The zero-order chi connectivity index (χ0) is 57.1. The van der Waals surface area contributed by atoms with Crippen molar-refractivity contribution in [3.05, 3.63) is 303 Å². The molecule has 0 bridgehead atoms. The normalized spacial score (nSPS) is 11.9. The number of pyridine rings is 1. The Balaban J connectivity index is 1.05. The Kier molecular flexibility index (Phi) is 10.9. The van der Waals surface area contributed by atoms with E-state index in [0.717, 1.165) is 117 Å². The van der Waals surface area contributed by atoms with Crippen LogP contribution in [-0.2, 0) is 0 Å². The maximum Gasteiger partial charge on any atom is 0.165 e. The topological polar surface area (TPSA) is 53.5 Å². The molecule has 0 fully saturated rings. The SMILES string of the molecule is c1ccc(-c2cc(-c3ccc(-c4c(-c5ccccc5)c(-n5c6ccccc6c6c7ccccc7ccc65)nc(-n5c6ccccc6c6c7ccccc7ccc65)c4-n4c5ccccc5c5c6ccccc6ccc54)cc3)nc(-c3ccccc3)n2)cc1. The van der Waals surface area contributed by atoms with Crippen molar-refractivity contribution in [1.82, 2.24) is 28.7 Å². The average molecular weight is 1110 g/mol. The Morgan fingerprint density at radius 3 is 1.05 bits per heavy atom. The molecule has 5 heterocycles. The molecule has 0 amide bonds. The van der Waals surface area contributed by atoms with Gasteiger partial charge >= 0.3 is 0 Å². The number of nitrogens with zero attached hydrogens (tertiary/aromatic N) is 6. The molecule has 0 atom stereocenters. The summed E-state index contributed by atoms with van der Waals surface area (Å²) < 4.78 is 7.44. The maximum absolute atomic E-state index is 6.44. The Hall–Kier alpha value is -11.7. The summed E-state index contributed by atoms with van der Waals surface area (Å²) in [6.45, 7) is 0. The van der Waals surface area contributed by atoms with Gasteiger partial charge in [0, 0.05) is 60.1 Å². The minimum atomic E-state index is 0.671. The van der Waals surface area contributed by atoms with Crippen LogP contribution in [0.5, 0.6) is 0 Å². The minimum absolute atomic E-state index is 0.671. The number of hydrogen-bond acceptors (Lipinski definition) is 3. The smallest absolute Gasteiger partial charge is 0.165 e. The molecule has 0 spiro atoms. The summed E-state index contributed by atoms with van der Waals surface area (Å²) in [5, 5.41) is 14.2. The van der Waals surface area contributed by atoms with Gasteiger partial charge in [-0.25, -0.2) is 15.0 Å². The summed E-state index contributed by atoms with van der Waals surface area (Å²) in [4.78, 5) is 17.0. The van der Waals surface area contributed by atoms with Crippen LogP contribution in [0.25, 0.3) is 171 Å². The fourth-order valence-corrected chi connectivity index (χ4v) is 14.0. The van der Waals surface area contributed by atoms with Gasteiger partial charge in [0.2, 0.25) is 0 Å². The Morgan fingerprint density at radius 2 is 0.563 bits per heavy atom. The Morgan fingerprint density at radius 1 is 0.218 bits per heavy atom. The zero-order valence-corrected chi connectivity index (χ0v) is 47.1. The minimum Gasteiger partial charge on any atom is -0.305 e. The Labute approximate surface area is 500 Å². The van der Waals surface area contributed by atoms with Gasteiger partial charge in [-0.15, -0.1) is 0 Å². The van der Waals surface area contributed by atoms with Crippen molar-refractivity contribution >= 4 is 97.7 Å². The van der Waals surface area contributed by atoms with Crippen LogP contribution in [0.1, 0.15) is 0 Å². The van der Waals surface area contributed by atoms with Gasteiger partial charge in [-0.3, -0.25) is 9.13 Å². The third-order valence-electron chi connectivity index (χ3n) is 17.8. The lowest BCUT2D eigenvalue weighted by Gasteiger charge is -2.26. The average Bonchev–Trinajstić information content (AvgIpc) is 1.89. The summed E-state index contributed by atoms with van der Waals surface area (Å²) in [6.07, 6.45) is 0. The predicted octanol–water partition coefficient (Wildman–Crippen LogP) is 21.0. The molecule has 0 aliphatic heterocycles. The van der Waals surface area contributed by atoms with E-state index in [4.69, 9.17) is 15.0 Å². The molecule has 0 aliphatic carbocycles. The molecule has 0 aliphatic rings. The first-order chi connectivity index (χ1) is 43.2. The maximum atomic E-state index is 6.44. The van der Waals surface area contributed by atoms with E-state index in [9.17, 15) is 0 Å². The first kappa shape index (κ1) is 48.8. The van der Waals surface area contributed by atoms with Crippen LogP contribution in [0.3, 0.4) is 0 Å². The second-order valence-corrected chi connectivity index (χ2v) is 22.6. The lowest BCUT2D eigenvalue weighted by molar-refractivity contribution is 0.987. The predicted molar refractivity (Wildman–Crippen MR) is 363 cm³/mol. The fourth-order valence-electron chi connectivity index (χ4n) is 14.0. The molecule has 0 N–H and O–H groups in total. The number of aromatic nitrogens is 6. The highest BCUT2D eigenvalue weighted by atomic mass is 15.2. The van der Waals surface area contributed by atoms with Gasteiger partial charge in [-0.2, -0.15) is 0 Å². The molecule has 6 nitrogen and oxygen atoms in total. The van der Waals surface area contributed by atoms with E-state index in [1.165, 1.54) is 48.5 Å². The van der Waals surface area contributed by atoms with Gasteiger partial charge in [0.05, 0.1) is 50.2 Å². The van der Waals surface area contributed by atoms with Crippen LogP contribution >= 0.6 is 0 Å². The number of fused-ring (bicyclic) bond motifs is 15. The highest BCUT2D eigenvalue weighted by Gasteiger charge is 2.32. The Bertz CT molecular complexity index is 5740. The van der Waals surface area contributed by atoms with Crippen molar-refractivity contribution in [3.8, 4) is 73.5 Å². The molecule has 0 radical (unpaired) electrons.